The van der Waals surface area contributed by atoms with Crippen LogP contribution in [0, 0.1) is 0 Å². The summed E-state index contributed by atoms with van der Waals surface area (Å²) in [7, 11) is 4.46. The van der Waals surface area contributed by atoms with Crippen LogP contribution in [0.25, 0.3) is 0 Å². The Kier molecular flexibility index (Phi) is 25.0. The summed E-state index contributed by atoms with van der Waals surface area (Å²) in [6.07, 6.45) is -5.57. The van der Waals surface area contributed by atoms with Gasteiger partial charge in [-0.25, -0.2) is 19.2 Å². The van der Waals surface area contributed by atoms with Gasteiger partial charge >= 0.3 is 24.6 Å². The molecule has 0 radical (unpaired) electrons. The molecule has 424 valence electrons. The smallest absolute Gasteiger partial charge is 0.461 e. The van der Waals surface area contributed by atoms with Gasteiger partial charge in [0.2, 0.25) is 0 Å². The zero-order chi connectivity index (χ0) is 56.2. The molecule has 0 aromatic heterocycles. The number of nitrogens with one attached hydrogen (secondary N) is 2. The number of hydrogen-bond acceptors (Lipinski definition) is 23. The summed E-state index contributed by atoms with van der Waals surface area (Å²) in [4.78, 5) is 75.3. The Bertz CT molecular complexity index is 2440. The van der Waals surface area contributed by atoms with E-state index in [4.69, 9.17) is 56.8 Å². The molecule has 5 atom stereocenters. The molecule has 0 aliphatic carbocycles. The average Bonchev–Trinajstić information content (AvgIpc) is 4.20. The lowest BCUT2D eigenvalue weighted by Crippen LogP contribution is -2.44. The number of alkyl carbamates (subject to hydrolysis) is 1. The summed E-state index contributed by atoms with van der Waals surface area (Å²) >= 11 is 0. The topological polar surface area (TPSA) is 256 Å². The third-order valence-corrected chi connectivity index (χ3v) is 11.4. The first-order valence-corrected chi connectivity index (χ1v) is 25.4. The second-order valence-electron chi connectivity index (χ2n) is 16.7. The third kappa shape index (κ3) is 19.3. The van der Waals surface area contributed by atoms with Crippen molar-refractivity contribution in [3.8, 4) is 34.5 Å². The second-order valence-corrected chi connectivity index (χ2v) is 16.7. The molecule has 24 nitrogen and oxygen atoms in total. The van der Waals surface area contributed by atoms with Crippen LogP contribution in [0.2, 0.25) is 0 Å². The monoisotopic (exact) mass is 1090 g/mol. The highest BCUT2D eigenvalue weighted by Crippen LogP contribution is 2.37. The van der Waals surface area contributed by atoms with Crippen molar-refractivity contribution in [3.63, 3.8) is 0 Å². The Labute approximate surface area is 452 Å². The van der Waals surface area contributed by atoms with Crippen molar-refractivity contribution in [1.82, 2.24) is 10.6 Å². The molecule has 3 aliphatic rings. The number of nitrogens with zero attached hydrogens (tertiary/aromatic N) is 3. The maximum atomic E-state index is 11.8. The molecule has 3 aliphatic heterocycles. The third-order valence-electron chi connectivity index (χ3n) is 11.4. The second kappa shape index (κ2) is 32.3. The molecule has 2 N–H and O–H groups in total. The lowest BCUT2D eigenvalue weighted by Gasteiger charge is -2.31. The summed E-state index contributed by atoms with van der Waals surface area (Å²) in [5, 5.41) is 5.67. The SMILES string of the molecule is CC.CC.CNCC(CN(CC(COC)OC=O)c1ccc(Oc2cc(Oc3ccc(N(CCOC(=O)OC)CC4CNC(=O)O4)cc3)cc(Oc3ccc(N(CC4COC(=O)O4)CC4COC(=O)O4)cc3)c2)cc1)OC=O. The largest absolute Gasteiger partial charge is 0.508 e. The van der Waals surface area contributed by atoms with Crippen molar-refractivity contribution in [1.29, 1.82) is 0 Å². The quantitative estimate of drug-likeness (QED) is 0.0292. The Hall–Kier alpha value is -8.38. The molecule has 78 heavy (non-hydrogen) atoms. The maximum absolute atomic E-state index is 11.8. The van der Waals surface area contributed by atoms with E-state index in [1.165, 1.54) is 14.2 Å². The number of carbonyl (C=O) groups is 6. The van der Waals surface area contributed by atoms with Crippen LogP contribution < -0.4 is 39.5 Å². The number of benzene rings is 4. The molecule has 7 rings (SSSR count). The summed E-state index contributed by atoms with van der Waals surface area (Å²) in [6, 6.07) is 26.4. The Morgan fingerprint density at radius 2 is 1.08 bits per heavy atom. The number of anilines is 3. The molecule has 3 saturated heterocycles. The predicted octanol–water partition coefficient (Wildman–Crippen LogP) is 7.45. The molecule has 0 saturated carbocycles. The molecule has 0 bridgehead atoms. The van der Waals surface area contributed by atoms with Gasteiger partial charge in [-0.15, -0.1) is 0 Å². The van der Waals surface area contributed by atoms with Crippen LogP contribution in [0.4, 0.5) is 36.2 Å². The number of ether oxygens (including phenoxy) is 13. The van der Waals surface area contributed by atoms with Crippen molar-refractivity contribution in [2.24, 2.45) is 0 Å². The van der Waals surface area contributed by atoms with Gasteiger partial charge in [0, 0.05) is 48.9 Å². The van der Waals surface area contributed by atoms with E-state index >= 15 is 0 Å². The van der Waals surface area contributed by atoms with Gasteiger partial charge in [0.15, 0.2) is 12.2 Å². The normalized spacial score (nSPS) is 16.7. The highest BCUT2D eigenvalue weighted by Gasteiger charge is 2.32. The van der Waals surface area contributed by atoms with E-state index < -0.39 is 55.1 Å². The van der Waals surface area contributed by atoms with Crippen molar-refractivity contribution in [3.05, 3.63) is 91.0 Å². The van der Waals surface area contributed by atoms with Gasteiger partial charge in [0.25, 0.3) is 12.9 Å². The minimum Gasteiger partial charge on any atom is -0.461 e. The fourth-order valence-corrected chi connectivity index (χ4v) is 8.03. The van der Waals surface area contributed by atoms with Crippen molar-refractivity contribution < 1.29 is 90.3 Å². The number of amides is 1. The van der Waals surface area contributed by atoms with Crippen LogP contribution in [0.5, 0.6) is 34.5 Å². The molecule has 0 spiro atoms. The molecule has 5 unspecified atom stereocenters. The summed E-state index contributed by atoms with van der Waals surface area (Å²) in [5.41, 5.74) is 2.15. The maximum Gasteiger partial charge on any atom is 0.508 e. The van der Waals surface area contributed by atoms with Crippen LogP contribution in [-0.4, -0.2) is 168 Å². The molecular weight excluding hydrogens is 1020 g/mol. The average molecular weight is 1090 g/mol. The minimum atomic E-state index is -0.823. The van der Waals surface area contributed by atoms with E-state index in [0.29, 0.717) is 78.5 Å². The molecule has 3 fully saturated rings. The molecule has 24 heteroatoms. The fraction of sp³-hybridized carbons (Fsp3) is 0.444. The van der Waals surface area contributed by atoms with Crippen molar-refractivity contribution >= 4 is 54.6 Å². The standard InChI is InChI=1S/C50H57N5O19.2C2H6/c1-51-21-42(67-31-56)23-54(25-44(28-62-2)68-32-57)34-6-12-37(13-7-34)70-40-18-39(69-36-10-4-33(5-11-36)53(16-17-64-48(59)63-3)24-43-22-52-47(58)72-43)19-41(20-40)71-38-14-8-35(9-15-38)55(26-45-29-65-49(60)73-45)27-46-30-66-50(61)74-46;2*1-2/h4-15,18-20,31-32,42-46,51H,16-17,21-30H2,1-3H3,(H,52,58);2*1-2H3. The van der Waals surface area contributed by atoms with Gasteiger partial charge in [-0.3, -0.25) is 9.59 Å². The van der Waals surface area contributed by atoms with Crippen LogP contribution in [0.15, 0.2) is 91.0 Å². The van der Waals surface area contributed by atoms with Crippen molar-refractivity contribution in [2.45, 2.75) is 58.2 Å². The van der Waals surface area contributed by atoms with E-state index in [1.807, 2.05) is 66.7 Å². The number of likely N-dealkylation sites (N-methyl/N-ethyl adjacent to an activating group) is 1. The zero-order valence-electron chi connectivity index (χ0n) is 44.8. The number of cyclic esters (lactones) is 5. The number of methoxy groups -OCH3 is 2. The summed E-state index contributed by atoms with van der Waals surface area (Å²) in [5.74, 6) is 2.35. The van der Waals surface area contributed by atoms with Gasteiger partial charge in [-0.05, 0) is 79.8 Å². The highest BCUT2D eigenvalue weighted by atomic mass is 16.8. The Morgan fingerprint density at radius 3 is 1.49 bits per heavy atom. The number of hydrogen-bond donors (Lipinski definition) is 2. The Morgan fingerprint density at radius 1 is 0.628 bits per heavy atom. The van der Waals surface area contributed by atoms with E-state index in [0.717, 1.165) is 5.69 Å². The minimum absolute atomic E-state index is 0.00923. The lowest BCUT2D eigenvalue weighted by atomic mass is 10.2. The first kappa shape index (κ1) is 60.5. The van der Waals surface area contributed by atoms with Crippen LogP contribution in [-0.2, 0) is 57.0 Å². The van der Waals surface area contributed by atoms with E-state index in [1.54, 1.807) is 73.8 Å². The first-order chi connectivity index (χ1) is 38.0. The first-order valence-electron chi connectivity index (χ1n) is 25.4. The number of carbonyl (C=O) groups excluding carboxylic acids is 6. The molecule has 4 aromatic carbocycles. The molecular formula is C54H69N5O19. The molecule has 3 heterocycles. The predicted molar refractivity (Wildman–Crippen MR) is 282 cm³/mol. The van der Waals surface area contributed by atoms with Gasteiger partial charge in [-0.2, -0.15) is 0 Å². The summed E-state index contributed by atoms with van der Waals surface area (Å²) < 4.78 is 70.8. The van der Waals surface area contributed by atoms with Gasteiger partial charge in [0.05, 0.1) is 59.5 Å². The lowest BCUT2D eigenvalue weighted by molar-refractivity contribution is -0.135. The van der Waals surface area contributed by atoms with Gasteiger partial charge < -0.3 is 86.9 Å². The van der Waals surface area contributed by atoms with Gasteiger partial charge in [-0.1, -0.05) is 27.7 Å². The zero-order valence-corrected chi connectivity index (χ0v) is 44.8. The van der Waals surface area contributed by atoms with E-state index in [2.05, 4.69) is 15.4 Å². The van der Waals surface area contributed by atoms with E-state index in [-0.39, 0.29) is 59.2 Å². The van der Waals surface area contributed by atoms with E-state index in [9.17, 15) is 28.8 Å². The molecule has 1 amide bonds. The number of rotatable bonds is 30. The van der Waals surface area contributed by atoms with Crippen LogP contribution in [0.3, 0.4) is 0 Å². The van der Waals surface area contributed by atoms with Crippen LogP contribution in [0.1, 0.15) is 27.7 Å². The Balaban J connectivity index is 0.00000274. The highest BCUT2D eigenvalue weighted by molar-refractivity contribution is 5.69. The van der Waals surface area contributed by atoms with Gasteiger partial charge in [0.1, 0.15) is 72.6 Å². The fourth-order valence-electron chi connectivity index (χ4n) is 8.03. The van der Waals surface area contributed by atoms with Crippen molar-refractivity contribution in [2.75, 3.05) is 115 Å². The summed E-state index contributed by atoms with van der Waals surface area (Å²) in [6.45, 7) is 11.3. The van der Waals surface area contributed by atoms with Crippen LogP contribution >= 0.6 is 0 Å². The molecule has 4 aromatic rings.